The molecule has 32 heavy (non-hydrogen) atoms. The van der Waals surface area contributed by atoms with Gasteiger partial charge in [-0.15, -0.1) is 0 Å². The summed E-state index contributed by atoms with van der Waals surface area (Å²) < 4.78 is 15.7. The van der Waals surface area contributed by atoms with Crippen LogP contribution in [0, 0.1) is 13.8 Å². The van der Waals surface area contributed by atoms with Gasteiger partial charge in [0, 0.05) is 22.7 Å². The van der Waals surface area contributed by atoms with Crippen molar-refractivity contribution in [1.29, 1.82) is 0 Å². The van der Waals surface area contributed by atoms with Gasteiger partial charge >= 0.3 is 5.97 Å². The van der Waals surface area contributed by atoms with Gasteiger partial charge in [0.25, 0.3) is 5.56 Å². The lowest BCUT2D eigenvalue weighted by atomic mass is 9.41. The highest BCUT2D eigenvalue weighted by Gasteiger charge is 2.71. The third-order valence-electron chi connectivity index (χ3n) is 6.69. The van der Waals surface area contributed by atoms with E-state index in [-0.39, 0.29) is 21.8 Å². The van der Waals surface area contributed by atoms with Crippen LogP contribution in [0.25, 0.3) is 5.65 Å². The number of hydrogen-bond donors (Lipinski definition) is 2. The van der Waals surface area contributed by atoms with Crippen molar-refractivity contribution in [3.05, 3.63) is 68.0 Å². The number of hydrogen-bond acceptors (Lipinski definition) is 5. The summed E-state index contributed by atoms with van der Waals surface area (Å²) in [6.07, 6.45) is 2.98. The van der Waals surface area contributed by atoms with Crippen LogP contribution in [-0.2, 0) is 5.41 Å². The van der Waals surface area contributed by atoms with Crippen molar-refractivity contribution in [2.75, 3.05) is 5.32 Å². The summed E-state index contributed by atoms with van der Waals surface area (Å²) in [5.74, 6) is -1.20. The zero-order valence-corrected chi connectivity index (χ0v) is 18.6. The second-order valence-electron chi connectivity index (χ2n) is 9.22. The summed E-state index contributed by atoms with van der Waals surface area (Å²) >= 11 is 5.86. The maximum absolute atomic E-state index is 14.2. The first-order valence-electron chi connectivity index (χ1n) is 10.4. The Morgan fingerprint density at radius 2 is 1.97 bits per heavy atom. The van der Waals surface area contributed by atoms with Gasteiger partial charge in [0.1, 0.15) is 16.5 Å². The van der Waals surface area contributed by atoms with E-state index in [0.717, 1.165) is 11.1 Å². The van der Waals surface area contributed by atoms with Crippen LogP contribution in [0.1, 0.15) is 65.1 Å². The van der Waals surface area contributed by atoms with E-state index in [9.17, 15) is 19.1 Å². The van der Waals surface area contributed by atoms with Crippen molar-refractivity contribution in [1.82, 2.24) is 14.4 Å². The Balaban J connectivity index is 1.62. The molecule has 3 heterocycles. The lowest BCUT2D eigenvalue weighted by molar-refractivity contribution is -0.160. The van der Waals surface area contributed by atoms with Crippen molar-refractivity contribution in [2.45, 2.75) is 57.2 Å². The minimum absolute atomic E-state index is 0.0825. The number of anilines is 1. The SMILES string of the molecule is Cc1cc([C@@H](C)Nc2ccc(Cl)nc2C(=O)O)c2nc(C34CC(F)(C3)C4)c(C)c(=O)n2c1. The van der Waals surface area contributed by atoms with Crippen LogP contribution < -0.4 is 10.9 Å². The number of carboxylic acid groups (broad SMARTS) is 1. The molecule has 3 fully saturated rings. The summed E-state index contributed by atoms with van der Waals surface area (Å²) in [6, 6.07) is 4.59. The van der Waals surface area contributed by atoms with E-state index < -0.39 is 17.7 Å². The maximum atomic E-state index is 14.2. The maximum Gasteiger partial charge on any atom is 0.356 e. The molecule has 2 N–H and O–H groups in total. The second-order valence-corrected chi connectivity index (χ2v) is 9.61. The summed E-state index contributed by atoms with van der Waals surface area (Å²) in [5, 5.41) is 12.7. The molecule has 0 saturated heterocycles. The van der Waals surface area contributed by atoms with Crippen LogP contribution in [0.2, 0.25) is 5.15 Å². The number of fused-ring (bicyclic) bond motifs is 1. The number of nitrogens with zero attached hydrogens (tertiary/aromatic N) is 3. The number of rotatable bonds is 5. The molecule has 0 spiro atoms. The zero-order valence-electron chi connectivity index (χ0n) is 17.9. The fourth-order valence-corrected chi connectivity index (χ4v) is 5.42. The molecule has 3 aliphatic carbocycles. The van der Waals surface area contributed by atoms with Gasteiger partial charge < -0.3 is 10.4 Å². The van der Waals surface area contributed by atoms with Crippen molar-refractivity contribution in [3.63, 3.8) is 0 Å². The van der Waals surface area contributed by atoms with Gasteiger partial charge in [-0.3, -0.25) is 9.20 Å². The number of aromatic carboxylic acids is 1. The number of carbonyl (C=O) groups is 1. The van der Waals surface area contributed by atoms with Crippen LogP contribution in [-0.4, -0.2) is 31.1 Å². The molecule has 166 valence electrons. The average Bonchev–Trinajstić information content (AvgIpc) is 2.68. The molecule has 3 aromatic heterocycles. The Morgan fingerprint density at radius 3 is 2.59 bits per heavy atom. The first-order chi connectivity index (χ1) is 15.0. The minimum atomic E-state index is -1.20. The molecule has 0 unspecified atom stereocenters. The van der Waals surface area contributed by atoms with Gasteiger partial charge in [0.05, 0.1) is 17.4 Å². The second kappa shape index (κ2) is 6.75. The van der Waals surface area contributed by atoms with Gasteiger partial charge in [-0.25, -0.2) is 19.2 Å². The molecule has 0 radical (unpaired) electrons. The summed E-state index contributed by atoms with van der Waals surface area (Å²) in [5.41, 5.74) is 1.81. The Morgan fingerprint density at radius 1 is 1.28 bits per heavy atom. The first-order valence-corrected chi connectivity index (χ1v) is 10.8. The quantitative estimate of drug-likeness (QED) is 0.553. The smallest absolute Gasteiger partial charge is 0.356 e. The van der Waals surface area contributed by atoms with Crippen LogP contribution >= 0.6 is 11.6 Å². The van der Waals surface area contributed by atoms with Gasteiger partial charge in [-0.05, 0) is 63.8 Å². The Bertz CT molecular complexity index is 1350. The number of alkyl halides is 1. The molecule has 2 bridgehead atoms. The number of aromatic nitrogens is 3. The van der Waals surface area contributed by atoms with Crippen molar-refractivity contribution >= 4 is 28.9 Å². The van der Waals surface area contributed by atoms with Gasteiger partial charge in [-0.2, -0.15) is 0 Å². The molecule has 9 heteroatoms. The summed E-state index contributed by atoms with van der Waals surface area (Å²) in [6.45, 7) is 5.49. The predicted molar refractivity (Wildman–Crippen MR) is 119 cm³/mol. The van der Waals surface area contributed by atoms with Crippen LogP contribution in [0.3, 0.4) is 0 Å². The van der Waals surface area contributed by atoms with Gasteiger partial charge in [0.15, 0.2) is 5.69 Å². The molecule has 0 aromatic carbocycles. The predicted octanol–water partition coefficient (Wildman–Crippen LogP) is 4.37. The Hall–Kier alpha value is -3.00. The van der Waals surface area contributed by atoms with E-state index in [4.69, 9.17) is 16.6 Å². The first kappa shape index (κ1) is 20.9. The molecule has 1 atom stereocenters. The largest absolute Gasteiger partial charge is 0.476 e. The van der Waals surface area contributed by atoms with Gasteiger partial charge in [-0.1, -0.05) is 11.6 Å². The highest BCUT2D eigenvalue weighted by atomic mass is 35.5. The molecule has 0 aliphatic heterocycles. The van der Waals surface area contributed by atoms with Gasteiger partial charge in [0.2, 0.25) is 0 Å². The number of pyridine rings is 2. The van der Waals surface area contributed by atoms with Crippen molar-refractivity contribution in [3.8, 4) is 0 Å². The standard InChI is InChI=1S/C23H22ClFN4O3/c1-11-6-14(13(3)26-15-4-5-16(24)27-17(15)21(31)32)19-28-18(12(2)20(30)29(19)7-11)22-8-23(25,9-22)10-22/h4-7,13,26H,8-10H2,1-3H3,(H,31,32)/t13-,22?,23?/m1/s1. The van der Waals surface area contributed by atoms with E-state index >= 15 is 0 Å². The van der Waals surface area contributed by atoms with Crippen LogP contribution in [0.4, 0.5) is 10.1 Å². The topological polar surface area (TPSA) is 96.6 Å². The van der Waals surface area contributed by atoms with E-state index in [1.54, 1.807) is 19.2 Å². The minimum Gasteiger partial charge on any atom is -0.476 e. The lowest BCUT2D eigenvalue weighted by Crippen LogP contribution is -2.67. The normalized spacial score (nSPS) is 24.5. The zero-order chi connectivity index (χ0) is 23.0. The monoisotopic (exact) mass is 456 g/mol. The number of aryl methyl sites for hydroxylation is 1. The molecule has 7 nitrogen and oxygen atoms in total. The van der Waals surface area contributed by atoms with Crippen LogP contribution in [0.15, 0.2) is 29.2 Å². The third-order valence-corrected chi connectivity index (χ3v) is 6.90. The number of carboxylic acids is 1. The molecular weight excluding hydrogens is 435 g/mol. The Kier molecular flexibility index (Phi) is 4.40. The molecule has 3 aromatic rings. The Labute approximate surface area is 188 Å². The van der Waals surface area contributed by atoms with Crippen LogP contribution in [0.5, 0.6) is 0 Å². The van der Waals surface area contributed by atoms with E-state index in [1.807, 2.05) is 19.9 Å². The molecule has 0 amide bonds. The number of halogens is 2. The van der Waals surface area contributed by atoms with Crippen molar-refractivity contribution < 1.29 is 14.3 Å². The van der Waals surface area contributed by atoms with E-state index in [1.165, 1.54) is 10.5 Å². The lowest BCUT2D eigenvalue weighted by Gasteiger charge is -2.65. The molecule has 3 saturated carbocycles. The highest BCUT2D eigenvalue weighted by Crippen LogP contribution is 2.69. The number of nitrogens with one attached hydrogen (secondary N) is 1. The van der Waals surface area contributed by atoms with E-state index in [2.05, 4.69) is 10.3 Å². The molecular formula is C23H22ClFN4O3. The fraction of sp³-hybridized carbons (Fsp3) is 0.391. The highest BCUT2D eigenvalue weighted by molar-refractivity contribution is 6.29. The summed E-state index contributed by atoms with van der Waals surface area (Å²) in [7, 11) is 0. The van der Waals surface area contributed by atoms with E-state index in [0.29, 0.717) is 41.9 Å². The molecule has 6 rings (SSSR count). The molecule has 3 aliphatic rings. The third kappa shape index (κ3) is 3.00. The van der Waals surface area contributed by atoms with Crippen molar-refractivity contribution in [2.24, 2.45) is 0 Å². The fourth-order valence-electron chi connectivity index (χ4n) is 5.27. The summed E-state index contributed by atoms with van der Waals surface area (Å²) in [4.78, 5) is 33.6. The average molecular weight is 457 g/mol.